The first kappa shape index (κ1) is 12.4. The highest BCUT2D eigenvalue weighted by atomic mass is 32.1. The molecule has 0 spiro atoms. The largest absolute Gasteiger partial charge is 0.497 e. The van der Waals surface area contributed by atoms with Gasteiger partial charge < -0.3 is 9.84 Å². The van der Waals surface area contributed by atoms with Crippen molar-refractivity contribution in [2.75, 3.05) is 7.11 Å². The number of aliphatic carboxylic acids is 1. The minimum absolute atomic E-state index is 0.290. The Hall–Kier alpha value is -2.07. The molecule has 0 aliphatic rings. The van der Waals surface area contributed by atoms with Crippen molar-refractivity contribution in [3.05, 3.63) is 52.2 Å². The normalized spacial score (nSPS) is 11.3. The molecule has 0 saturated heterocycles. The molecule has 0 aliphatic heterocycles. The van der Waals surface area contributed by atoms with Crippen LogP contribution in [0.3, 0.4) is 0 Å². The molecule has 0 atom stereocenters. The van der Waals surface area contributed by atoms with E-state index in [1.807, 2.05) is 29.6 Å². The molecule has 1 aromatic carbocycles. The van der Waals surface area contributed by atoms with Crippen molar-refractivity contribution in [2.45, 2.75) is 0 Å². The number of benzene rings is 1. The lowest BCUT2D eigenvalue weighted by Gasteiger charge is -2.02. The summed E-state index contributed by atoms with van der Waals surface area (Å²) in [6, 6.07) is 10.9. The predicted octanol–water partition coefficient (Wildman–Crippen LogP) is 3.38. The van der Waals surface area contributed by atoms with Crippen LogP contribution in [-0.4, -0.2) is 18.2 Å². The average molecular weight is 260 g/mol. The second kappa shape index (κ2) is 5.51. The third-order valence-corrected chi connectivity index (χ3v) is 3.32. The molecule has 92 valence electrons. The maximum absolute atomic E-state index is 11.3. The number of ether oxygens (including phenoxy) is 1. The first-order valence-electron chi connectivity index (χ1n) is 5.33. The Labute approximate surface area is 109 Å². The van der Waals surface area contributed by atoms with Crippen LogP contribution in [0.2, 0.25) is 0 Å². The van der Waals surface area contributed by atoms with Crippen LogP contribution in [0.15, 0.2) is 41.8 Å². The van der Waals surface area contributed by atoms with Gasteiger partial charge in [-0.05, 0) is 35.2 Å². The highest BCUT2D eigenvalue weighted by molar-refractivity contribution is 7.11. The van der Waals surface area contributed by atoms with Crippen LogP contribution in [0.25, 0.3) is 11.6 Å². The van der Waals surface area contributed by atoms with Crippen molar-refractivity contribution >= 4 is 29.0 Å². The topological polar surface area (TPSA) is 46.5 Å². The van der Waals surface area contributed by atoms with Crippen LogP contribution >= 0.6 is 11.3 Å². The van der Waals surface area contributed by atoms with Crippen molar-refractivity contribution in [1.29, 1.82) is 0 Å². The van der Waals surface area contributed by atoms with Crippen LogP contribution in [0.5, 0.6) is 5.75 Å². The minimum atomic E-state index is -0.930. The third kappa shape index (κ3) is 2.78. The molecule has 0 unspecified atom stereocenters. The molecule has 0 amide bonds. The molecule has 1 heterocycles. The second-order valence-electron chi connectivity index (χ2n) is 3.62. The molecule has 1 aromatic heterocycles. The zero-order valence-corrected chi connectivity index (χ0v) is 10.6. The van der Waals surface area contributed by atoms with Gasteiger partial charge in [0.25, 0.3) is 0 Å². The van der Waals surface area contributed by atoms with E-state index in [2.05, 4.69) is 0 Å². The van der Waals surface area contributed by atoms with Crippen LogP contribution in [0, 0.1) is 0 Å². The molecule has 2 rings (SSSR count). The van der Waals surface area contributed by atoms with Gasteiger partial charge in [-0.2, -0.15) is 0 Å². The first-order chi connectivity index (χ1) is 8.70. The number of thiophene rings is 1. The number of rotatable bonds is 4. The molecule has 4 heteroatoms. The van der Waals surface area contributed by atoms with Gasteiger partial charge in [-0.3, -0.25) is 0 Å². The fourth-order valence-corrected chi connectivity index (χ4v) is 2.30. The van der Waals surface area contributed by atoms with Gasteiger partial charge >= 0.3 is 5.97 Å². The number of hydrogen-bond donors (Lipinski definition) is 1. The maximum Gasteiger partial charge on any atom is 0.337 e. The Balaban J connectivity index is 2.42. The van der Waals surface area contributed by atoms with Gasteiger partial charge in [0.2, 0.25) is 0 Å². The van der Waals surface area contributed by atoms with Crippen molar-refractivity contribution in [3.63, 3.8) is 0 Å². The zero-order valence-electron chi connectivity index (χ0n) is 9.79. The molecular formula is C14H12O3S. The van der Waals surface area contributed by atoms with E-state index in [9.17, 15) is 9.90 Å². The maximum atomic E-state index is 11.3. The lowest BCUT2D eigenvalue weighted by molar-refractivity contribution is -0.130. The minimum Gasteiger partial charge on any atom is -0.497 e. The number of hydrogen-bond acceptors (Lipinski definition) is 3. The highest BCUT2D eigenvalue weighted by Crippen LogP contribution is 2.24. The average Bonchev–Trinajstić information content (AvgIpc) is 2.89. The molecule has 2 aromatic rings. The smallest absolute Gasteiger partial charge is 0.337 e. The van der Waals surface area contributed by atoms with Gasteiger partial charge in [-0.1, -0.05) is 18.2 Å². The molecule has 0 bridgehead atoms. The fourth-order valence-electron chi connectivity index (χ4n) is 1.57. The Morgan fingerprint density at radius 1 is 1.33 bits per heavy atom. The Bertz CT molecular complexity index is 570. The van der Waals surface area contributed by atoms with Crippen LogP contribution < -0.4 is 4.74 Å². The van der Waals surface area contributed by atoms with E-state index in [1.54, 1.807) is 25.3 Å². The zero-order chi connectivity index (χ0) is 13.0. The molecular weight excluding hydrogens is 248 g/mol. The van der Waals surface area contributed by atoms with Gasteiger partial charge in [0.1, 0.15) is 5.75 Å². The quantitative estimate of drug-likeness (QED) is 0.857. The van der Waals surface area contributed by atoms with E-state index >= 15 is 0 Å². The number of methoxy groups -OCH3 is 1. The summed E-state index contributed by atoms with van der Waals surface area (Å²) in [5.41, 5.74) is 1.10. The summed E-state index contributed by atoms with van der Waals surface area (Å²) in [7, 11) is 1.58. The Kier molecular flexibility index (Phi) is 3.79. The molecule has 18 heavy (non-hydrogen) atoms. The summed E-state index contributed by atoms with van der Waals surface area (Å²) >= 11 is 1.41. The lowest BCUT2D eigenvalue weighted by atomic mass is 10.1. The van der Waals surface area contributed by atoms with E-state index < -0.39 is 5.97 Å². The summed E-state index contributed by atoms with van der Waals surface area (Å²) in [6.07, 6.45) is 1.65. The van der Waals surface area contributed by atoms with Gasteiger partial charge in [-0.15, -0.1) is 11.3 Å². The van der Waals surface area contributed by atoms with Gasteiger partial charge in [-0.25, -0.2) is 4.79 Å². The van der Waals surface area contributed by atoms with Crippen LogP contribution in [-0.2, 0) is 4.79 Å². The summed E-state index contributed by atoms with van der Waals surface area (Å²) in [4.78, 5) is 12.0. The Morgan fingerprint density at radius 2 is 2.17 bits per heavy atom. The van der Waals surface area contributed by atoms with Crippen molar-refractivity contribution in [1.82, 2.24) is 0 Å². The molecule has 0 saturated carbocycles. The lowest BCUT2D eigenvalue weighted by Crippen LogP contribution is -1.97. The standard InChI is InChI=1S/C14H12O3S/c1-17-11-5-2-4-10(8-11)9-12(14(15)16)13-6-3-7-18-13/h2-9H,1H3,(H,15,16)/b12-9-. The van der Waals surface area contributed by atoms with E-state index in [4.69, 9.17) is 4.74 Å². The SMILES string of the molecule is COc1cccc(/C=C(\C(=O)O)c2cccs2)c1. The van der Waals surface area contributed by atoms with Crippen molar-refractivity contribution in [2.24, 2.45) is 0 Å². The second-order valence-corrected chi connectivity index (χ2v) is 4.56. The molecule has 0 fully saturated rings. The van der Waals surface area contributed by atoms with E-state index in [0.717, 1.165) is 10.4 Å². The summed E-state index contributed by atoms with van der Waals surface area (Å²) in [6.45, 7) is 0. The number of carboxylic acid groups (broad SMARTS) is 1. The third-order valence-electron chi connectivity index (χ3n) is 2.42. The predicted molar refractivity (Wildman–Crippen MR) is 72.8 cm³/mol. The van der Waals surface area contributed by atoms with Gasteiger partial charge in [0.05, 0.1) is 12.7 Å². The van der Waals surface area contributed by atoms with E-state index in [-0.39, 0.29) is 0 Å². The monoisotopic (exact) mass is 260 g/mol. The highest BCUT2D eigenvalue weighted by Gasteiger charge is 2.11. The molecule has 0 aliphatic carbocycles. The van der Waals surface area contributed by atoms with Crippen molar-refractivity contribution in [3.8, 4) is 5.75 Å². The first-order valence-corrected chi connectivity index (χ1v) is 6.21. The summed E-state index contributed by atoms with van der Waals surface area (Å²) in [5.74, 6) is -0.222. The molecule has 3 nitrogen and oxygen atoms in total. The Morgan fingerprint density at radius 3 is 2.78 bits per heavy atom. The van der Waals surface area contributed by atoms with E-state index in [0.29, 0.717) is 11.3 Å². The number of carboxylic acids is 1. The van der Waals surface area contributed by atoms with Crippen molar-refractivity contribution < 1.29 is 14.6 Å². The van der Waals surface area contributed by atoms with Crippen LogP contribution in [0.1, 0.15) is 10.4 Å². The molecule has 0 radical (unpaired) electrons. The number of carbonyl (C=O) groups is 1. The summed E-state index contributed by atoms with van der Waals surface area (Å²) in [5, 5.41) is 11.1. The summed E-state index contributed by atoms with van der Waals surface area (Å²) < 4.78 is 5.11. The van der Waals surface area contributed by atoms with Crippen LogP contribution in [0.4, 0.5) is 0 Å². The van der Waals surface area contributed by atoms with E-state index in [1.165, 1.54) is 11.3 Å². The van der Waals surface area contributed by atoms with Gasteiger partial charge in [0.15, 0.2) is 0 Å². The molecule has 1 N–H and O–H groups in total. The fraction of sp³-hybridized carbons (Fsp3) is 0.0714. The van der Waals surface area contributed by atoms with Gasteiger partial charge in [0, 0.05) is 4.88 Å².